The summed E-state index contributed by atoms with van der Waals surface area (Å²) >= 11 is 1.85. The van der Waals surface area contributed by atoms with Gasteiger partial charge in [-0.05, 0) is 37.6 Å². The Hall–Kier alpha value is -1.90. The molecule has 1 aliphatic heterocycles. The molecule has 3 rings (SSSR count). The van der Waals surface area contributed by atoms with Gasteiger partial charge in [-0.25, -0.2) is 9.07 Å². The number of hydrogen-bond donors (Lipinski definition) is 2. The summed E-state index contributed by atoms with van der Waals surface area (Å²) in [5.74, 6) is 2.04. The lowest BCUT2D eigenvalue weighted by molar-refractivity contribution is -0.117. The van der Waals surface area contributed by atoms with Crippen molar-refractivity contribution in [2.75, 3.05) is 36.5 Å². The van der Waals surface area contributed by atoms with E-state index in [1.54, 1.807) is 22.9 Å². The van der Waals surface area contributed by atoms with Crippen LogP contribution in [0.3, 0.4) is 0 Å². The van der Waals surface area contributed by atoms with E-state index in [1.807, 2.05) is 18.7 Å². The first-order valence-corrected chi connectivity index (χ1v) is 9.77. The molecule has 0 unspecified atom stereocenters. The highest BCUT2D eigenvalue weighted by molar-refractivity contribution is 7.99. The number of hydrogen-bond acceptors (Lipinski definition) is 5. The summed E-state index contributed by atoms with van der Waals surface area (Å²) in [6.07, 6.45) is 0.674. The fourth-order valence-corrected chi connectivity index (χ4v) is 4.23. The van der Waals surface area contributed by atoms with Gasteiger partial charge in [0.25, 0.3) is 0 Å². The quantitative estimate of drug-likeness (QED) is 0.805. The lowest BCUT2D eigenvalue weighted by atomic mass is 10.2. The van der Waals surface area contributed by atoms with Gasteiger partial charge in [-0.3, -0.25) is 9.69 Å². The predicted molar refractivity (Wildman–Crippen MR) is 101 cm³/mol. The van der Waals surface area contributed by atoms with Gasteiger partial charge in [0.05, 0.1) is 17.9 Å². The van der Waals surface area contributed by atoms with Gasteiger partial charge in [-0.2, -0.15) is 16.9 Å². The van der Waals surface area contributed by atoms with Crippen LogP contribution in [0.25, 0.3) is 5.69 Å². The Morgan fingerprint density at radius 3 is 2.92 bits per heavy atom. The molecule has 1 amide bonds. The minimum Gasteiger partial charge on any atom is -0.396 e. The Labute approximate surface area is 156 Å². The van der Waals surface area contributed by atoms with Crippen LogP contribution in [0.4, 0.5) is 10.2 Å². The molecule has 2 aromatic rings. The molecule has 1 atom stereocenters. The summed E-state index contributed by atoms with van der Waals surface area (Å²) in [6.45, 7) is 3.08. The van der Waals surface area contributed by atoms with E-state index in [9.17, 15) is 14.3 Å². The number of thioether (sulfide) groups is 1. The fourth-order valence-electron chi connectivity index (χ4n) is 3.05. The highest BCUT2D eigenvalue weighted by Gasteiger charge is 2.24. The Kier molecular flexibility index (Phi) is 6.29. The van der Waals surface area contributed by atoms with Crippen molar-refractivity contribution < 1.29 is 14.3 Å². The zero-order valence-electron chi connectivity index (χ0n) is 14.7. The van der Waals surface area contributed by atoms with Crippen LogP contribution in [-0.2, 0) is 4.79 Å². The number of aliphatic hydroxyl groups excluding tert-OH is 1. The fraction of sp³-hybridized carbons (Fsp3) is 0.444. The highest BCUT2D eigenvalue weighted by Crippen LogP contribution is 2.20. The number of halogens is 1. The van der Waals surface area contributed by atoms with E-state index in [-0.39, 0.29) is 30.9 Å². The first-order valence-electron chi connectivity index (χ1n) is 8.62. The van der Waals surface area contributed by atoms with E-state index < -0.39 is 0 Å². The van der Waals surface area contributed by atoms with E-state index in [4.69, 9.17) is 0 Å². The highest BCUT2D eigenvalue weighted by atomic mass is 32.2. The number of rotatable bonds is 6. The predicted octanol–water partition coefficient (Wildman–Crippen LogP) is 2.06. The maximum Gasteiger partial charge on any atom is 0.239 e. The van der Waals surface area contributed by atoms with Crippen LogP contribution < -0.4 is 5.32 Å². The summed E-state index contributed by atoms with van der Waals surface area (Å²) in [6, 6.07) is 7.98. The molecule has 1 aromatic heterocycles. The van der Waals surface area contributed by atoms with Gasteiger partial charge < -0.3 is 10.4 Å². The van der Waals surface area contributed by atoms with Gasteiger partial charge in [0.15, 0.2) is 0 Å². The van der Waals surface area contributed by atoms with Crippen LogP contribution in [0, 0.1) is 12.7 Å². The summed E-state index contributed by atoms with van der Waals surface area (Å²) in [7, 11) is 0. The maximum atomic E-state index is 13.2. The lowest BCUT2D eigenvalue weighted by Gasteiger charge is -2.34. The van der Waals surface area contributed by atoms with Crippen molar-refractivity contribution in [2.24, 2.45) is 0 Å². The molecule has 0 aliphatic carbocycles. The van der Waals surface area contributed by atoms with Crippen molar-refractivity contribution in [3.8, 4) is 5.69 Å². The van der Waals surface area contributed by atoms with Crippen molar-refractivity contribution in [3.63, 3.8) is 0 Å². The molecule has 8 heteroatoms. The zero-order valence-corrected chi connectivity index (χ0v) is 15.5. The second-order valence-corrected chi connectivity index (χ2v) is 7.47. The number of carbonyl (C=O) groups excluding carboxylic acids is 1. The number of amides is 1. The molecule has 2 N–H and O–H groups in total. The molecule has 26 heavy (non-hydrogen) atoms. The minimum absolute atomic E-state index is 0.122. The third-order valence-electron chi connectivity index (χ3n) is 4.33. The molecule has 1 aliphatic rings. The lowest BCUT2D eigenvalue weighted by Crippen LogP contribution is -2.46. The smallest absolute Gasteiger partial charge is 0.239 e. The Balaban J connectivity index is 1.70. The van der Waals surface area contributed by atoms with Crippen LogP contribution in [0.2, 0.25) is 0 Å². The van der Waals surface area contributed by atoms with E-state index in [2.05, 4.69) is 15.3 Å². The Bertz CT molecular complexity index is 748. The molecule has 6 nitrogen and oxygen atoms in total. The molecule has 1 fully saturated rings. The molecule has 0 bridgehead atoms. The van der Waals surface area contributed by atoms with E-state index in [0.29, 0.717) is 17.9 Å². The molecule has 0 saturated carbocycles. The van der Waals surface area contributed by atoms with Gasteiger partial charge in [-0.1, -0.05) is 0 Å². The van der Waals surface area contributed by atoms with E-state index in [0.717, 1.165) is 23.7 Å². The van der Waals surface area contributed by atoms with E-state index in [1.165, 1.54) is 12.1 Å². The standard InChI is InChI=1S/C18H23FN4O2S/c1-13-10-17(23(21-13)15-4-2-14(19)3-5-15)20-18(25)11-22-7-9-26-12-16(22)6-8-24/h2-5,10,16,24H,6-9,11-12H2,1H3,(H,20,25)/t16-/m0/s1. The zero-order chi connectivity index (χ0) is 18.5. The molecule has 0 spiro atoms. The van der Waals surface area contributed by atoms with Crippen molar-refractivity contribution in [3.05, 3.63) is 41.8 Å². The summed E-state index contributed by atoms with van der Waals surface area (Å²) in [5.41, 5.74) is 1.44. The largest absolute Gasteiger partial charge is 0.396 e. The second kappa shape index (κ2) is 8.66. The molecular formula is C18H23FN4O2S. The average Bonchev–Trinajstić information content (AvgIpc) is 2.97. The third kappa shape index (κ3) is 4.63. The number of aromatic nitrogens is 2. The normalized spacial score (nSPS) is 18.0. The summed E-state index contributed by atoms with van der Waals surface area (Å²) in [4.78, 5) is 14.7. The monoisotopic (exact) mass is 378 g/mol. The number of carbonyl (C=O) groups is 1. The number of nitrogens with one attached hydrogen (secondary N) is 1. The summed E-state index contributed by atoms with van der Waals surface area (Å²) < 4.78 is 14.8. The second-order valence-electron chi connectivity index (χ2n) is 6.32. The maximum absolute atomic E-state index is 13.2. The number of aryl methyl sites for hydroxylation is 1. The molecule has 140 valence electrons. The number of nitrogens with zero attached hydrogens (tertiary/aromatic N) is 3. The SMILES string of the molecule is Cc1cc(NC(=O)CN2CCSC[C@@H]2CCO)n(-c2ccc(F)cc2)n1. The van der Waals surface area contributed by atoms with Gasteiger partial charge in [0.2, 0.25) is 5.91 Å². The first-order chi connectivity index (χ1) is 12.6. The Morgan fingerprint density at radius 1 is 1.42 bits per heavy atom. The van der Waals surface area contributed by atoms with Crippen LogP contribution in [0.15, 0.2) is 30.3 Å². The van der Waals surface area contributed by atoms with Crippen molar-refractivity contribution in [1.29, 1.82) is 0 Å². The molecular weight excluding hydrogens is 355 g/mol. The van der Waals surface area contributed by atoms with E-state index >= 15 is 0 Å². The van der Waals surface area contributed by atoms with Crippen LogP contribution in [0.5, 0.6) is 0 Å². The average molecular weight is 378 g/mol. The Morgan fingerprint density at radius 2 is 2.19 bits per heavy atom. The number of anilines is 1. The first kappa shape index (κ1) is 18.9. The molecule has 1 saturated heterocycles. The van der Waals surface area contributed by atoms with Crippen LogP contribution >= 0.6 is 11.8 Å². The molecule has 2 heterocycles. The number of aliphatic hydroxyl groups is 1. The summed E-state index contributed by atoms with van der Waals surface area (Å²) in [5, 5.41) is 16.5. The van der Waals surface area contributed by atoms with Crippen molar-refractivity contribution in [2.45, 2.75) is 19.4 Å². The van der Waals surface area contributed by atoms with Gasteiger partial charge in [0, 0.05) is 36.8 Å². The molecule has 0 radical (unpaired) electrons. The van der Waals surface area contributed by atoms with Crippen LogP contribution in [-0.4, -0.2) is 62.9 Å². The number of benzene rings is 1. The minimum atomic E-state index is -0.318. The topological polar surface area (TPSA) is 70.4 Å². The van der Waals surface area contributed by atoms with Gasteiger partial charge in [0.1, 0.15) is 11.6 Å². The van der Waals surface area contributed by atoms with Gasteiger partial charge >= 0.3 is 0 Å². The third-order valence-corrected chi connectivity index (χ3v) is 5.42. The van der Waals surface area contributed by atoms with Gasteiger partial charge in [-0.15, -0.1) is 0 Å². The van der Waals surface area contributed by atoms with Crippen molar-refractivity contribution >= 4 is 23.5 Å². The van der Waals surface area contributed by atoms with Crippen molar-refractivity contribution in [1.82, 2.24) is 14.7 Å². The molecule has 1 aromatic carbocycles. The van der Waals surface area contributed by atoms with Crippen LogP contribution in [0.1, 0.15) is 12.1 Å².